The van der Waals surface area contributed by atoms with Gasteiger partial charge in [0.25, 0.3) is 0 Å². The second-order valence-electron chi connectivity index (χ2n) is 2.66. The van der Waals surface area contributed by atoms with E-state index in [-0.39, 0.29) is 5.91 Å². The number of hydrogen-bond acceptors (Lipinski definition) is 3. The van der Waals surface area contributed by atoms with Crippen LogP contribution in [0.1, 0.15) is 55.4 Å². The van der Waals surface area contributed by atoms with E-state index in [1.807, 2.05) is 72.7 Å². The third-order valence-corrected chi connectivity index (χ3v) is 2.34. The van der Waals surface area contributed by atoms with Crippen LogP contribution in [0.2, 0.25) is 0 Å². The molecule has 1 N–H and O–H groups in total. The molecule has 1 aromatic carbocycles. The van der Waals surface area contributed by atoms with Crippen molar-refractivity contribution in [1.29, 1.82) is 0 Å². The minimum atomic E-state index is -0.0520. The zero-order valence-electron chi connectivity index (χ0n) is 14.2. The molecule has 0 spiro atoms. The Morgan fingerprint density at radius 1 is 1.05 bits per heavy atom. The zero-order valence-corrected chi connectivity index (χ0v) is 15.1. The number of ether oxygens (including phenoxy) is 1. The summed E-state index contributed by atoms with van der Waals surface area (Å²) in [6.45, 7) is 16.1. The Morgan fingerprint density at radius 2 is 1.50 bits per heavy atom. The first kappa shape index (κ1) is 23.9. The zero-order chi connectivity index (χ0) is 16.4. The quantitative estimate of drug-likeness (QED) is 0.766. The van der Waals surface area contributed by atoms with Crippen LogP contribution in [0, 0.1) is 0 Å². The van der Waals surface area contributed by atoms with Gasteiger partial charge < -0.3 is 4.74 Å². The van der Waals surface area contributed by atoms with Gasteiger partial charge in [-0.2, -0.15) is 0 Å². The first-order valence-electron chi connectivity index (χ1n) is 7.38. The van der Waals surface area contributed by atoms with Gasteiger partial charge in [-0.1, -0.05) is 41.5 Å². The number of rotatable bonds is 4. The Kier molecular flexibility index (Phi) is 24.1. The monoisotopic (exact) mass is 301 g/mol. The van der Waals surface area contributed by atoms with Crippen molar-refractivity contribution in [3.05, 3.63) is 24.3 Å². The second-order valence-corrected chi connectivity index (χ2v) is 3.54. The molecule has 0 radical (unpaired) electrons. The Balaban J connectivity index is -0.000000425. The lowest BCUT2D eigenvalue weighted by molar-refractivity contribution is -0.117. The predicted octanol–water partition coefficient (Wildman–Crippen LogP) is 5.31. The third-order valence-electron chi connectivity index (χ3n) is 1.45. The molecule has 0 aliphatic rings. The van der Waals surface area contributed by atoms with E-state index in [4.69, 9.17) is 4.74 Å². The Labute approximate surface area is 129 Å². The summed E-state index contributed by atoms with van der Waals surface area (Å²) in [7, 11) is 0. The first-order valence-corrected chi connectivity index (χ1v) is 8.20. The van der Waals surface area contributed by atoms with Crippen LogP contribution in [0.5, 0.6) is 5.75 Å². The van der Waals surface area contributed by atoms with Crippen LogP contribution in [0.25, 0.3) is 0 Å². The highest BCUT2D eigenvalue weighted by Crippen LogP contribution is 2.18. The summed E-state index contributed by atoms with van der Waals surface area (Å²) < 4.78 is 7.94. The molecule has 0 aliphatic carbocycles. The molecule has 0 aliphatic heterocycles. The highest BCUT2D eigenvalue weighted by Gasteiger charge is 1.96. The highest BCUT2D eigenvalue weighted by atomic mass is 32.2. The molecule has 118 valence electrons. The molecular formula is C16H31NO2S. The van der Waals surface area contributed by atoms with Crippen molar-refractivity contribution in [1.82, 2.24) is 4.72 Å². The van der Waals surface area contributed by atoms with Gasteiger partial charge in [-0.05, 0) is 43.1 Å². The van der Waals surface area contributed by atoms with E-state index >= 15 is 0 Å². The standard InChI is InChI=1S/C10H13NO2S.3C2H6/c1-3-13-9-4-6-10(7-5-9)14-11-8(2)12;3*1-2/h4-7H,3H2,1-2H3,(H,11,12);3*1-2H3. The fourth-order valence-electron chi connectivity index (χ4n) is 0.901. The first-order chi connectivity index (χ1) is 9.72. The van der Waals surface area contributed by atoms with Crippen molar-refractivity contribution < 1.29 is 9.53 Å². The van der Waals surface area contributed by atoms with E-state index in [1.165, 1.54) is 18.9 Å². The van der Waals surface area contributed by atoms with Crippen molar-refractivity contribution in [3.8, 4) is 5.75 Å². The summed E-state index contributed by atoms with van der Waals surface area (Å²) in [4.78, 5) is 11.6. The fourth-order valence-corrected chi connectivity index (χ4v) is 1.44. The lowest BCUT2D eigenvalue weighted by atomic mass is 10.3. The average Bonchev–Trinajstić information content (AvgIpc) is 2.53. The van der Waals surface area contributed by atoms with Gasteiger partial charge >= 0.3 is 0 Å². The number of carbonyl (C=O) groups is 1. The minimum Gasteiger partial charge on any atom is -0.494 e. The molecule has 0 atom stereocenters. The number of carbonyl (C=O) groups excluding carboxylic acids is 1. The van der Waals surface area contributed by atoms with Crippen LogP contribution >= 0.6 is 11.9 Å². The molecule has 4 heteroatoms. The molecule has 0 saturated carbocycles. The van der Waals surface area contributed by atoms with Crippen molar-refractivity contribution in [2.24, 2.45) is 0 Å². The number of nitrogens with one attached hydrogen (secondary N) is 1. The van der Waals surface area contributed by atoms with E-state index in [9.17, 15) is 4.79 Å². The molecule has 0 fully saturated rings. The summed E-state index contributed by atoms with van der Waals surface area (Å²) in [5, 5.41) is 0. The lowest BCUT2D eigenvalue weighted by Crippen LogP contribution is -2.09. The van der Waals surface area contributed by atoms with E-state index in [1.54, 1.807) is 0 Å². The molecule has 3 nitrogen and oxygen atoms in total. The van der Waals surface area contributed by atoms with Gasteiger partial charge in [0, 0.05) is 11.8 Å². The van der Waals surface area contributed by atoms with Gasteiger partial charge in [0.05, 0.1) is 6.61 Å². The molecule has 0 unspecified atom stereocenters. The van der Waals surface area contributed by atoms with Gasteiger partial charge in [-0.15, -0.1) is 0 Å². The van der Waals surface area contributed by atoms with Crippen molar-refractivity contribution >= 4 is 17.9 Å². The molecular weight excluding hydrogens is 270 g/mol. The number of benzene rings is 1. The summed E-state index contributed by atoms with van der Waals surface area (Å²) in [6.07, 6.45) is 0. The maximum atomic E-state index is 10.6. The van der Waals surface area contributed by atoms with Gasteiger partial charge in [0.2, 0.25) is 5.91 Å². The van der Waals surface area contributed by atoms with Crippen LogP contribution in [-0.2, 0) is 4.79 Å². The highest BCUT2D eigenvalue weighted by molar-refractivity contribution is 7.98. The normalized spacial score (nSPS) is 7.60. The van der Waals surface area contributed by atoms with Gasteiger partial charge in [-0.25, -0.2) is 0 Å². The average molecular weight is 301 g/mol. The Morgan fingerprint density at radius 3 is 1.85 bits per heavy atom. The van der Waals surface area contributed by atoms with E-state index in [2.05, 4.69) is 4.72 Å². The maximum absolute atomic E-state index is 10.6. The van der Waals surface area contributed by atoms with Gasteiger partial charge in [0.1, 0.15) is 5.75 Å². The largest absolute Gasteiger partial charge is 0.494 e. The lowest BCUT2D eigenvalue weighted by Gasteiger charge is -2.04. The SMILES string of the molecule is CC.CC.CC.CCOc1ccc(SNC(C)=O)cc1. The topological polar surface area (TPSA) is 38.3 Å². The van der Waals surface area contributed by atoms with E-state index < -0.39 is 0 Å². The van der Waals surface area contributed by atoms with Crippen LogP contribution in [0.3, 0.4) is 0 Å². The molecule has 0 bridgehead atoms. The van der Waals surface area contributed by atoms with Crippen LogP contribution in [-0.4, -0.2) is 12.5 Å². The van der Waals surface area contributed by atoms with Crippen LogP contribution < -0.4 is 9.46 Å². The smallest absolute Gasteiger partial charge is 0.226 e. The Bertz CT molecular complexity index is 300. The molecule has 1 amide bonds. The van der Waals surface area contributed by atoms with Crippen LogP contribution in [0.15, 0.2) is 29.2 Å². The van der Waals surface area contributed by atoms with E-state index in [0.29, 0.717) is 6.61 Å². The maximum Gasteiger partial charge on any atom is 0.226 e. The third kappa shape index (κ3) is 14.9. The summed E-state index contributed by atoms with van der Waals surface area (Å²) >= 11 is 1.30. The van der Waals surface area contributed by atoms with Crippen LogP contribution in [0.4, 0.5) is 0 Å². The molecule has 0 heterocycles. The van der Waals surface area contributed by atoms with Gasteiger partial charge in [0.15, 0.2) is 0 Å². The van der Waals surface area contributed by atoms with Crippen molar-refractivity contribution in [2.45, 2.75) is 60.3 Å². The minimum absolute atomic E-state index is 0.0520. The number of hydrogen-bond donors (Lipinski definition) is 1. The molecule has 0 aromatic heterocycles. The molecule has 20 heavy (non-hydrogen) atoms. The molecule has 0 saturated heterocycles. The summed E-state index contributed by atoms with van der Waals surface area (Å²) in [5.74, 6) is 0.795. The predicted molar refractivity (Wildman–Crippen MR) is 91.3 cm³/mol. The van der Waals surface area contributed by atoms with E-state index in [0.717, 1.165) is 10.6 Å². The second kappa shape index (κ2) is 20.2. The fraction of sp³-hybridized carbons (Fsp3) is 0.562. The van der Waals surface area contributed by atoms with Crippen molar-refractivity contribution in [3.63, 3.8) is 0 Å². The van der Waals surface area contributed by atoms with Crippen molar-refractivity contribution in [2.75, 3.05) is 6.61 Å². The van der Waals surface area contributed by atoms with Gasteiger partial charge in [-0.3, -0.25) is 9.52 Å². The number of amides is 1. The summed E-state index contributed by atoms with van der Waals surface area (Å²) in [6, 6.07) is 7.58. The Hall–Kier alpha value is -1.16. The molecule has 1 rings (SSSR count). The summed E-state index contributed by atoms with van der Waals surface area (Å²) in [5.41, 5.74) is 0. The molecule has 1 aromatic rings.